The molecule has 322 valence electrons. The Kier molecular flexibility index (Phi) is 13.9. The first kappa shape index (κ1) is 44.7. The van der Waals surface area contributed by atoms with Gasteiger partial charge < -0.3 is 24.6 Å². The van der Waals surface area contributed by atoms with E-state index in [0.29, 0.717) is 33.7 Å². The molecule has 0 amide bonds. The minimum atomic E-state index is -4.67. The third kappa shape index (κ3) is 11.5. The van der Waals surface area contributed by atoms with Gasteiger partial charge in [0.1, 0.15) is 39.2 Å². The molecule has 0 bridgehead atoms. The van der Waals surface area contributed by atoms with E-state index in [1.54, 1.807) is 38.3 Å². The van der Waals surface area contributed by atoms with Gasteiger partial charge in [-0.25, -0.2) is 0 Å². The van der Waals surface area contributed by atoms with Gasteiger partial charge >= 0.3 is 0 Å². The third-order valence-electron chi connectivity index (χ3n) is 9.44. The maximum Gasteiger partial charge on any atom is 0.296 e. The molecule has 0 aliphatic rings. The van der Waals surface area contributed by atoms with Crippen LogP contribution >= 0.6 is 0 Å². The van der Waals surface area contributed by atoms with Gasteiger partial charge in [-0.05, 0) is 135 Å². The van der Waals surface area contributed by atoms with Gasteiger partial charge in [-0.3, -0.25) is 9.11 Å². The number of hydrogen-bond acceptors (Lipinski definition) is 15. The van der Waals surface area contributed by atoms with E-state index in [1.165, 1.54) is 25.3 Å². The van der Waals surface area contributed by atoms with Crippen molar-refractivity contribution in [2.24, 2.45) is 30.7 Å². The van der Waals surface area contributed by atoms with Crippen molar-refractivity contribution in [1.82, 2.24) is 0 Å². The highest BCUT2D eigenvalue weighted by atomic mass is 32.2. The molecule has 6 aromatic rings. The van der Waals surface area contributed by atoms with E-state index in [-0.39, 0.29) is 48.1 Å². The number of phenols is 1. The molecule has 6 rings (SSSR count). The van der Waals surface area contributed by atoms with Crippen LogP contribution in [-0.2, 0) is 20.2 Å². The van der Waals surface area contributed by atoms with Gasteiger partial charge in [0, 0.05) is 28.9 Å². The summed E-state index contributed by atoms with van der Waals surface area (Å²) in [4.78, 5) is -0.502. The Balaban J connectivity index is 1.23. The zero-order valence-electron chi connectivity index (χ0n) is 34.3. The number of nitrogens with one attached hydrogen (secondary N) is 1. The van der Waals surface area contributed by atoms with Crippen molar-refractivity contribution in [1.29, 1.82) is 0 Å². The number of benzene rings is 6. The summed E-state index contributed by atoms with van der Waals surface area (Å²) < 4.78 is 81.7. The molecule has 0 aliphatic heterocycles. The predicted molar refractivity (Wildman–Crippen MR) is 235 cm³/mol. The summed E-state index contributed by atoms with van der Waals surface area (Å²) in [6.45, 7) is 5.45. The van der Waals surface area contributed by atoms with E-state index in [4.69, 9.17) is 18.8 Å². The molecule has 0 aromatic heterocycles. The molecular formula is C43H43N7O10S2. The molecule has 0 radical (unpaired) electrons. The number of hydrogen-bond donors (Lipinski definition) is 4. The summed E-state index contributed by atoms with van der Waals surface area (Å²) in [5, 5.41) is 42.0. The molecule has 0 spiro atoms. The zero-order chi connectivity index (χ0) is 44.6. The average Bonchev–Trinajstić information content (AvgIpc) is 3.23. The molecule has 17 nitrogen and oxygen atoms in total. The van der Waals surface area contributed by atoms with E-state index in [2.05, 4.69) is 36.0 Å². The first-order valence-electron chi connectivity index (χ1n) is 18.9. The molecule has 0 aliphatic carbocycles. The van der Waals surface area contributed by atoms with Gasteiger partial charge in [-0.15, -0.1) is 15.3 Å². The Labute approximate surface area is 358 Å². The largest absolute Gasteiger partial charge is 0.505 e. The highest BCUT2D eigenvalue weighted by Gasteiger charge is 2.18. The maximum absolute atomic E-state index is 12.1. The van der Waals surface area contributed by atoms with Gasteiger partial charge in [0.05, 0.1) is 43.6 Å². The summed E-state index contributed by atoms with van der Waals surface area (Å²) >= 11 is 0. The number of nitrogens with zero attached hydrogens (tertiary/aromatic N) is 6. The number of aromatic hydroxyl groups is 1. The van der Waals surface area contributed by atoms with E-state index < -0.39 is 30.9 Å². The van der Waals surface area contributed by atoms with Crippen molar-refractivity contribution in [2.45, 2.75) is 38.5 Å². The highest BCUT2D eigenvalue weighted by Crippen LogP contribution is 2.40. The highest BCUT2D eigenvalue weighted by molar-refractivity contribution is 7.86. The fraction of sp³-hybridized carbons (Fsp3) is 0.209. The summed E-state index contributed by atoms with van der Waals surface area (Å²) in [7, 11) is -5.86. The van der Waals surface area contributed by atoms with Gasteiger partial charge in [-0.2, -0.15) is 32.2 Å². The van der Waals surface area contributed by atoms with Gasteiger partial charge in [0.25, 0.3) is 20.2 Å². The summed E-state index contributed by atoms with van der Waals surface area (Å²) in [5.41, 5.74) is 5.55. The third-order valence-corrected chi connectivity index (χ3v) is 11.1. The van der Waals surface area contributed by atoms with Crippen molar-refractivity contribution in [3.63, 3.8) is 0 Å². The van der Waals surface area contributed by atoms with Crippen LogP contribution in [-0.4, -0.2) is 57.6 Å². The van der Waals surface area contributed by atoms with Crippen LogP contribution in [0.15, 0.2) is 133 Å². The lowest BCUT2D eigenvalue weighted by molar-refractivity contribution is 0.310. The fourth-order valence-corrected chi connectivity index (χ4v) is 7.28. The number of anilines is 2. The second-order valence-corrected chi connectivity index (χ2v) is 17.0. The molecule has 0 saturated carbocycles. The summed E-state index contributed by atoms with van der Waals surface area (Å²) in [6.07, 6.45) is 0.414. The van der Waals surface area contributed by atoms with Crippen molar-refractivity contribution in [3.8, 4) is 23.0 Å². The number of ether oxygens (including phenoxy) is 3. The smallest absolute Gasteiger partial charge is 0.296 e. The molecular weight excluding hydrogens is 839 g/mol. The van der Waals surface area contributed by atoms with Crippen LogP contribution in [0.2, 0.25) is 0 Å². The molecule has 0 atom stereocenters. The topological polar surface area (TPSA) is 243 Å². The Hall–Kier alpha value is -6.80. The molecule has 0 heterocycles. The quantitative estimate of drug-likeness (QED) is 0.0381. The number of methoxy groups -OCH3 is 2. The van der Waals surface area contributed by atoms with Crippen LogP contribution < -0.4 is 19.5 Å². The maximum atomic E-state index is 12.1. The lowest BCUT2D eigenvalue weighted by Gasteiger charge is -2.11. The second kappa shape index (κ2) is 19.3. The van der Waals surface area contributed by atoms with Crippen LogP contribution in [0.1, 0.15) is 29.5 Å². The minimum Gasteiger partial charge on any atom is -0.505 e. The number of fused-ring (bicyclic) bond motifs is 1. The Bertz CT molecular complexity index is 2940. The van der Waals surface area contributed by atoms with Crippen LogP contribution in [0.25, 0.3) is 10.8 Å². The summed E-state index contributed by atoms with van der Waals surface area (Å²) in [5.74, 6) is 0.715. The second-order valence-electron chi connectivity index (χ2n) is 14.0. The van der Waals surface area contributed by atoms with Crippen LogP contribution in [0.4, 0.5) is 45.5 Å². The number of unbranched alkanes of at least 4 members (excludes halogenated alkanes) is 1. The first-order chi connectivity index (χ1) is 29.5. The van der Waals surface area contributed by atoms with Crippen LogP contribution in [0.5, 0.6) is 23.0 Å². The number of aryl methyl sites for hydroxylation is 3. The van der Waals surface area contributed by atoms with Crippen molar-refractivity contribution in [2.75, 3.05) is 31.9 Å². The van der Waals surface area contributed by atoms with Crippen LogP contribution in [0, 0.1) is 20.8 Å². The van der Waals surface area contributed by atoms with Crippen molar-refractivity contribution in [3.05, 3.63) is 114 Å². The van der Waals surface area contributed by atoms with Crippen molar-refractivity contribution < 1.29 is 45.3 Å². The van der Waals surface area contributed by atoms with E-state index in [0.717, 1.165) is 39.7 Å². The SMILES string of the molecule is COc1ccc(Nc2ccc3c(O)c(N=Nc4cc(C)c(N=Nc5cc(C)c(N=Nc6ccc(OC)cc6S(=O)(=O)O)cc5OCCCCS(=O)(=O)O)cc4C)ccc3c2)cc1. The lowest BCUT2D eigenvalue weighted by Crippen LogP contribution is -2.06. The average molecular weight is 882 g/mol. The molecule has 4 N–H and O–H groups in total. The lowest BCUT2D eigenvalue weighted by atomic mass is 10.1. The standard InChI is InChI=1S/C43H43N7O10S2/c1-26-21-38(27(2)20-37(26)47-46-36-16-8-29-23-31(11-15-34(29)43(36)51)44-30-9-12-32(58-4)13-10-30)48-50-40-22-28(3)39(25-41(40)60-18-6-7-19-61(52,53)54)49-45-35-17-14-33(59-5)24-42(35)62(55,56)57/h8-17,20-25,44,51H,6-7,18-19H2,1-5H3,(H,52,53,54)(H,55,56,57). The number of rotatable bonds is 17. The Morgan fingerprint density at radius 1 is 0.565 bits per heavy atom. The number of azo groups is 3. The van der Waals surface area contributed by atoms with Gasteiger partial charge in [0.15, 0.2) is 5.75 Å². The monoisotopic (exact) mass is 881 g/mol. The van der Waals surface area contributed by atoms with Gasteiger partial charge in [-0.1, -0.05) is 6.07 Å². The first-order valence-corrected chi connectivity index (χ1v) is 22.0. The Morgan fingerprint density at radius 2 is 1.10 bits per heavy atom. The predicted octanol–water partition coefficient (Wildman–Crippen LogP) is 11.8. The molecule has 19 heteroatoms. The minimum absolute atomic E-state index is 0.00938. The molecule has 0 saturated heterocycles. The summed E-state index contributed by atoms with van der Waals surface area (Å²) in [6, 6.07) is 27.4. The Morgan fingerprint density at radius 3 is 1.71 bits per heavy atom. The molecule has 6 aromatic carbocycles. The van der Waals surface area contributed by atoms with Gasteiger partial charge in [0.2, 0.25) is 0 Å². The van der Waals surface area contributed by atoms with Crippen molar-refractivity contribution >= 4 is 76.5 Å². The molecule has 62 heavy (non-hydrogen) atoms. The molecule has 0 unspecified atom stereocenters. The van der Waals surface area contributed by atoms with E-state index in [9.17, 15) is 26.5 Å². The normalized spacial score (nSPS) is 12.2. The fourth-order valence-electron chi connectivity index (χ4n) is 6.07. The molecule has 0 fully saturated rings. The zero-order valence-corrected chi connectivity index (χ0v) is 35.9. The van der Waals surface area contributed by atoms with E-state index >= 15 is 0 Å². The van der Waals surface area contributed by atoms with E-state index in [1.807, 2.05) is 62.4 Å². The number of phenolic OH excluding ortho intramolecular Hbond substituents is 1. The van der Waals surface area contributed by atoms with Crippen LogP contribution in [0.3, 0.4) is 0 Å².